The van der Waals surface area contributed by atoms with Gasteiger partial charge in [0, 0.05) is 34.5 Å². The van der Waals surface area contributed by atoms with Crippen molar-refractivity contribution in [2.75, 3.05) is 0 Å². The van der Waals surface area contributed by atoms with Crippen LogP contribution in [0.15, 0.2) is 140 Å². The molecule has 0 fully saturated rings. The van der Waals surface area contributed by atoms with Crippen LogP contribution in [0.1, 0.15) is 28.1 Å². The second-order valence-corrected chi connectivity index (χ2v) is 14.0. The number of aromatic nitrogens is 4. The zero-order valence-electron chi connectivity index (χ0n) is 32.1. The smallest absolute Gasteiger partial charge is 0.509 e. The van der Waals surface area contributed by atoms with Crippen molar-refractivity contribution >= 4 is 21.8 Å². The molecule has 0 unspecified atom stereocenters. The second-order valence-electron chi connectivity index (χ2n) is 14.0. The number of aryl methyl sites for hydroxylation is 4. The first-order valence-corrected chi connectivity index (χ1v) is 18.6. The van der Waals surface area contributed by atoms with Gasteiger partial charge in [-0.25, -0.2) is 4.98 Å². The van der Waals surface area contributed by atoms with E-state index in [-0.39, 0.29) is 20.4 Å². The molecule has 7 nitrogen and oxygen atoms in total. The third-order valence-corrected chi connectivity index (χ3v) is 9.96. The Morgan fingerprint density at radius 1 is 0.561 bits per heavy atom. The molecule has 9 aromatic rings. The van der Waals surface area contributed by atoms with E-state index in [9.17, 15) is 0 Å². The minimum atomic E-state index is 0. The molecule has 6 aromatic carbocycles. The molecule has 0 radical (unpaired) electrons. The Balaban J connectivity index is 0.00000455. The van der Waals surface area contributed by atoms with E-state index in [4.69, 9.17) is 24.3 Å². The number of hydrogen-bond donors (Lipinski definition) is 0. The maximum Gasteiger partial charge on any atom is 2.00 e. The topological polar surface area (TPSA) is 63.3 Å². The Morgan fingerprint density at radius 3 is 1.89 bits per heavy atom. The summed E-state index contributed by atoms with van der Waals surface area (Å²) in [6, 6.07) is 51.1. The van der Waals surface area contributed by atoms with Crippen LogP contribution in [-0.4, -0.2) is 19.3 Å². The quantitative estimate of drug-likeness (QED) is 0.107. The van der Waals surface area contributed by atoms with Crippen molar-refractivity contribution in [3.05, 3.63) is 180 Å². The number of ether oxygens (including phenoxy) is 3. The first-order valence-electron chi connectivity index (χ1n) is 18.6. The predicted octanol–water partition coefficient (Wildman–Crippen LogP) is 12.5. The molecule has 8 heteroatoms. The molecule has 0 aliphatic carbocycles. The summed E-state index contributed by atoms with van der Waals surface area (Å²) in [7, 11) is 0. The predicted molar refractivity (Wildman–Crippen MR) is 222 cm³/mol. The van der Waals surface area contributed by atoms with Gasteiger partial charge in [-0.3, -0.25) is 4.68 Å². The minimum Gasteiger partial charge on any atom is -0.509 e. The van der Waals surface area contributed by atoms with E-state index in [1.54, 1.807) is 0 Å². The van der Waals surface area contributed by atoms with E-state index < -0.39 is 0 Å². The summed E-state index contributed by atoms with van der Waals surface area (Å²) in [6.45, 7) is 10.3. The van der Waals surface area contributed by atoms with Gasteiger partial charge in [0.2, 0.25) is 0 Å². The standard InChI is InChI=1S/C49H38N4O3.Pd/c1-31-25-26-50-45(27-31)52-43-22-13-12-21-41(43)42-24-23-40(30-44(42)52)54-39-20-14-15-36(29-39)53-35(5)46(34(4)51-53)47-48(55-37-16-8-6-9-17-37)32(2)28-33(3)49(47)56-38-18-10-7-11-19-38;/h6-28H,1-5H3;/q-2;+2. The fourth-order valence-corrected chi connectivity index (χ4v) is 7.45. The molecular formula is C49H38N4O3Pd. The summed E-state index contributed by atoms with van der Waals surface area (Å²) >= 11 is 0. The molecule has 57 heavy (non-hydrogen) atoms. The Labute approximate surface area is 345 Å². The van der Waals surface area contributed by atoms with Gasteiger partial charge in [0.1, 0.15) is 28.8 Å². The van der Waals surface area contributed by atoms with Gasteiger partial charge in [-0.15, -0.1) is 35.7 Å². The molecule has 0 N–H and O–H groups in total. The number of benzene rings is 6. The van der Waals surface area contributed by atoms with Crippen molar-refractivity contribution < 1.29 is 34.6 Å². The van der Waals surface area contributed by atoms with Crippen LogP contribution < -0.4 is 14.2 Å². The van der Waals surface area contributed by atoms with Crippen LogP contribution >= 0.6 is 0 Å². The van der Waals surface area contributed by atoms with Crippen LogP contribution in [0.25, 0.3) is 44.4 Å². The summed E-state index contributed by atoms with van der Waals surface area (Å²) in [5.41, 5.74) is 9.26. The molecule has 0 saturated heterocycles. The van der Waals surface area contributed by atoms with Crippen LogP contribution in [-0.2, 0) is 20.4 Å². The first-order chi connectivity index (χ1) is 27.3. The molecular weight excluding hydrogens is 799 g/mol. The van der Waals surface area contributed by atoms with Gasteiger partial charge in [-0.05, 0) is 111 Å². The fraction of sp³-hybridized carbons (Fsp3) is 0.102. The van der Waals surface area contributed by atoms with Crippen molar-refractivity contribution in [3.63, 3.8) is 0 Å². The summed E-state index contributed by atoms with van der Waals surface area (Å²) < 4.78 is 23.9. The Kier molecular flexibility index (Phi) is 10.2. The maximum absolute atomic E-state index is 6.68. The third-order valence-electron chi connectivity index (χ3n) is 9.96. The van der Waals surface area contributed by atoms with Crippen molar-refractivity contribution in [2.45, 2.75) is 34.6 Å². The molecule has 0 bridgehead atoms. The van der Waals surface area contributed by atoms with Gasteiger partial charge in [0.15, 0.2) is 0 Å². The van der Waals surface area contributed by atoms with E-state index >= 15 is 0 Å². The molecule has 282 valence electrons. The summed E-state index contributed by atoms with van der Waals surface area (Å²) in [4.78, 5) is 4.71. The molecule has 0 saturated carbocycles. The first kappa shape index (κ1) is 37.5. The summed E-state index contributed by atoms with van der Waals surface area (Å²) in [5, 5.41) is 7.28. The van der Waals surface area contributed by atoms with Gasteiger partial charge in [0.05, 0.1) is 11.3 Å². The van der Waals surface area contributed by atoms with Crippen molar-refractivity contribution in [1.82, 2.24) is 19.3 Å². The number of fused-ring (bicyclic) bond motifs is 3. The van der Waals surface area contributed by atoms with Gasteiger partial charge in [0.25, 0.3) is 0 Å². The van der Waals surface area contributed by atoms with Crippen molar-refractivity contribution in [2.24, 2.45) is 0 Å². The van der Waals surface area contributed by atoms with Crippen LogP contribution in [0.5, 0.6) is 34.5 Å². The fourth-order valence-electron chi connectivity index (χ4n) is 7.45. The number of nitrogens with zero attached hydrogens (tertiary/aromatic N) is 4. The second kappa shape index (κ2) is 15.6. The van der Waals surface area contributed by atoms with Crippen molar-refractivity contribution in [3.8, 4) is 57.1 Å². The Bertz CT molecular complexity index is 2830. The maximum atomic E-state index is 6.68. The third kappa shape index (κ3) is 7.10. The zero-order chi connectivity index (χ0) is 38.3. The normalized spacial score (nSPS) is 11.1. The molecule has 3 aromatic heterocycles. The molecule has 0 aliphatic heterocycles. The van der Waals surface area contributed by atoms with Crippen LogP contribution in [0.3, 0.4) is 0 Å². The van der Waals surface area contributed by atoms with E-state index in [0.29, 0.717) is 23.0 Å². The van der Waals surface area contributed by atoms with Gasteiger partial charge in [-0.2, -0.15) is 17.2 Å². The van der Waals surface area contributed by atoms with Gasteiger partial charge in [-0.1, -0.05) is 60.1 Å². The van der Waals surface area contributed by atoms with Crippen LogP contribution in [0, 0.1) is 46.8 Å². The minimum absolute atomic E-state index is 0. The zero-order valence-corrected chi connectivity index (χ0v) is 33.7. The van der Waals surface area contributed by atoms with Crippen LogP contribution in [0.2, 0.25) is 0 Å². The molecule has 3 heterocycles. The average Bonchev–Trinajstić information content (AvgIpc) is 3.70. The summed E-state index contributed by atoms with van der Waals surface area (Å²) in [5.74, 6) is 4.83. The van der Waals surface area contributed by atoms with Gasteiger partial charge < -0.3 is 18.8 Å². The Hall–Kier alpha value is -6.46. The molecule has 0 amide bonds. The van der Waals surface area contributed by atoms with E-state index in [1.165, 1.54) is 0 Å². The monoisotopic (exact) mass is 836 g/mol. The Morgan fingerprint density at radius 2 is 1.21 bits per heavy atom. The summed E-state index contributed by atoms with van der Waals surface area (Å²) in [6.07, 6.45) is 1.84. The molecule has 0 aliphatic rings. The number of rotatable bonds is 9. The molecule has 0 spiro atoms. The number of para-hydroxylation sites is 3. The number of hydrogen-bond acceptors (Lipinski definition) is 5. The van der Waals surface area contributed by atoms with Crippen molar-refractivity contribution in [1.29, 1.82) is 0 Å². The molecule has 0 atom stereocenters. The number of pyridine rings is 1. The van der Waals surface area contributed by atoms with E-state index in [1.807, 2.05) is 115 Å². The SMILES string of the molecule is Cc1ccnc(-n2c3[c-]c(Oc4[c-]c(-n5nc(C)c(-c6c(Oc7ccccc7)c(C)cc(C)c6Oc6ccccc6)c5C)ccc4)ccc3c3ccccc32)c1.[Pd+2]. The molecule has 9 rings (SSSR count). The van der Waals surface area contributed by atoms with E-state index in [0.717, 1.165) is 84.0 Å². The van der Waals surface area contributed by atoms with Crippen LogP contribution in [0.4, 0.5) is 0 Å². The van der Waals surface area contributed by atoms with Gasteiger partial charge >= 0.3 is 20.4 Å². The largest absolute Gasteiger partial charge is 2.00 e. The average molecular weight is 837 g/mol. The van der Waals surface area contributed by atoms with E-state index in [2.05, 4.69) is 80.8 Å².